The first-order chi connectivity index (χ1) is 12.4. The number of hydrogen-bond acceptors (Lipinski definition) is 4. The first-order valence-electron chi connectivity index (χ1n) is 8.28. The summed E-state index contributed by atoms with van der Waals surface area (Å²) in [7, 11) is 1.55. The summed E-state index contributed by atoms with van der Waals surface area (Å²) >= 11 is 6.13. The molecule has 26 heavy (non-hydrogen) atoms. The largest absolute Gasteiger partial charge is 0.497 e. The van der Waals surface area contributed by atoms with Crippen LogP contribution in [0, 0.1) is 0 Å². The monoisotopic (exact) mass is 375 g/mol. The van der Waals surface area contributed by atoms with Crippen molar-refractivity contribution in [1.82, 2.24) is 0 Å². The summed E-state index contributed by atoms with van der Waals surface area (Å²) in [5.41, 5.74) is 1.54. The van der Waals surface area contributed by atoms with Crippen LogP contribution in [0.3, 0.4) is 0 Å². The molecule has 0 aliphatic heterocycles. The van der Waals surface area contributed by atoms with Crippen molar-refractivity contribution in [3.05, 3.63) is 53.1 Å². The van der Waals surface area contributed by atoms with E-state index >= 15 is 0 Å². The number of carbonyl (C=O) groups is 2. The van der Waals surface area contributed by atoms with Crippen LogP contribution in [0.4, 0.5) is 5.69 Å². The van der Waals surface area contributed by atoms with Gasteiger partial charge in [-0.25, -0.2) is 0 Å². The molecular weight excluding hydrogens is 354 g/mol. The number of halogens is 1. The van der Waals surface area contributed by atoms with E-state index in [1.54, 1.807) is 51.3 Å². The molecular formula is C20H22ClNO4. The van der Waals surface area contributed by atoms with Crippen LogP contribution in [0.25, 0.3) is 0 Å². The predicted octanol–water partition coefficient (Wildman–Crippen LogP) is 4.28. The van der Waals surface area contributed by atoms with Crippen molar-refractivity contribution in [3.8, 4) is 11.5 Å². The zero-order chi connectivity index (χ0) is 19.1. The van der Waals surface area contributed by atoms with Crippen LogP contribution in [0.2, 0.25) is 5.02 Å². The highest BCUT2D eigenvalue weighted by atomic mass is 35.5. The Labute approximate surface area is 158 Å². The van der Waals surface area contributed by atoms with Gasteiger partial charge in [0.05, 0.1) is 17.8 Å². The van der Waals surface area contributed by atoms with E-state index in [9.17, 15) is 9.59 Å². The van der Waals surface area contributed by atoms with Gasteiger partial charge in [0, 0.05) is 12.5 Å². The molecule has 0 bridgehead atoms. The van der Waals surface area contributed by atoms with Gasteiger partial charge in [-0.15, -0.1) is 0 Å². The number of benzene rings is 2. The third kappa shape index (κ3) is 5.77. The molecule has 1 atom stereocenters. The highest BCUT2D eigenvalue weighted by Gasteiger charge is 2.16. The minimum absolute atomic E-state index is 0.160. The number of methoxy groups -OCH3 is 1. The normalized spacial score (nSPS) is 11.5. The maximum atomic E-state index is 12.3. The lowest BCUT2D eigenvalue weighted by Crippen LogP contribution is -2.30. The van der Waals surface area contributed by atoms with E-state index in [-0.39, 0.29) is 11.7 Å². The van der Waals surface area contributed by atoms with Gasteiger partial charge in [-0.2, -0.15) is 0 Å². The summed E-state index contributed by atoms with van der Waals surface area (Å²) in [5.74, 6) is 1.05. The average molecular weight is 376 g/mol. The second-order valence-electron chi connectivity index (χ2n) is 5.94. The van der Waals surface area contributed by atoms with Crippen molar-refractivity contribution in [3.63, 3.8) is 0 Å². The number of nitrogens with one attached hydrogen (secondary N) is 1. The first kappa shape index (κ1) is 19.8. The molecule has 0 aliphatic carbocycles. The maximum absolute atomic E-state index is 12.3. The van der Waals surface area contributed by atoms with E-state index in [0.717, 1.165) is 5.56 Å². The highest BCUT2D eigenvalue weighted by molar-refractivity contribution is 6.33. The van der Waals surface area contributed by atoms with E-state index in [1.807, 2.05) is 12.1 Å². The fraction of sp³-hybridized carbons (Fsp3) is 0.300. The van der Waals surface area contributed by atoms with Crippen molar-refractivity contribution in [2.24, 2.45) is 0 Å². The lowest BCUT2D eigenvalue weighted by atomic mass is 10.1. The number of amides is 1. The van der Waals surface area contributed by atoms with Crippen LogP contribution in [-0.4, -0.2) is 24.9 Å². The predicted molar refractivity (Wildman–Crippen MR) is 102 cm³/mol. The van der Waals surface area contributed by atoms with Crippen molar-refractivity contribution in [2.45, 2.75) is 32.8 Å². The molecule has 0 saturated heterocycles. The van der Waals surface area contributed by atoms with Crippen LogP contribution in [-0.2, 0) is 16.0 Å². The number of anilines is 1. The van der Waals surface area contributed by atoms with Crippen LogP contribution in [0.1, 0.15) is 25.8 Å². The number of ether oxygens (including phenoxy) is 2. The fourth-order valence-electron chi connectivity index (χ4n) is 2.27. The number of Topliss-reactive ketones (excluding diaryl/α,β-unsaturated/α-hetero) is 1. The van der Waals surface area contributed by atoms with Gasteiger partial charge in [-0.1, -0.05) is 23.7 Å². The summed E-state index contributed by atoms with van der Waals surface area (Å²) < 4.78 is 10.7. The third-order valence-electron chi connectivity index (χ3n) is 3.81. The molecule has 0 saturated carbocycles. The number of aryl methyl sites for hydroxylation is 1. The minimum atomic E-state index is -0.698. The topological polar surface area (TPSA) is 64.6 Å². The SMILES string of the molecule is COc1ccc(NC(=O)C(C)Oc2ccc(CCC(C)=O)cc2)c(Cl)c1. The molecule has 1 unspecified atom stereocenters. The van der Waals surface area contributed by atoms with Crippen LogP contribution in [0.5, 0.6) is 11.5 Å². The van der Waals surface area contributed by atoms with Crippen molar-refractivity contribution >= 4 is 29.0 Å². The molecule has 5 nitrogen and oxygen atoms in total. The molecule has 0 aliphatic rings. The first-order valence-corrected chi connectivity index (χ1v) is 8.66. The molecule has 0 heterocycles. The second kappa shape index (κ2) is 9.25. The summed E-state index contributed by atoms with van der Waals surface area (Å²) in [6.45, 7) is 3.24. The van der Waals surface area contributed by atoms with Crippen LogP contribution in [0.15, 0.2) is 42.5 Å². The quantitative estimate of drug-likeness (QED) is 0.748. The maximum Gasteiger partial charge on any atom is 0.265 e. The highest BCUT2D eigenvalue weighted by Crippen LogP contribution is 2.27. The van der Waals surface area contributed by atoms with Crippen LogP contribution < -0.4 is 14.8 Å². The molecule has 2 rings (SSSR count). The van der Waals surface area contributed by atoms with Gasteiger partial charge in [0.2, 0.25) is 0 Å². The standard InChI is InChI=1S/C20H22ClNO4/c1-13(23)4-5-15-6-8-16(9-7-15)26-14(2)20(24)22-19-11-10-17(25-3)12-18(19)21/h6-12,14H,4-5H2,1-3H3,(H,22,24). The van der Waals surface area contributed by atoms with Crippen molar-refractivity contribution in [2.75, 3.05) is 12.4 Å². The van der Waals surface area contributed by atoms with E-state index in [4.69, 9.17) is 21.1 Å². The number of ketones is 1. The lowest BCUT2D eigenvalue weighted by Gasteiger charge is -2.16. The van der Waals surface area contributed by atoms with Gasteiger partial charge < -0.3 is 19.6 Å². The summed E-state index contributed by atoms with van der Waals surface area (Å²) in [5, 5.41) is 3.13. The van der Waals surface area contributed by atoms with E-state index in [1.165, 1.54) is 0 Å². The van der Waals surface area contributed by atoms with Gasteiger partial charge in [-0.3, -0.25) is 4.79 Å². The van der Waals surface area contributed by atoms with Gasteiger partial charge in [-0.05, 0) is 50.1 Å². The zero-order valence-corrected chi connectivity index (χ0v) is 15.8. The third-order valence-corrected chi connectivity index (χ3v) is 4.12. The molecule has 138 valence electrons. The van der Waals surface area contributed by atoms with Gasteiger partial charge in [0.15, 0.2) is 6.10 Å². The molecule has 2 aromatic rings. The Kier molecular flexibility index (Phi) is 7.04. The Morgan fingerprint density at radius 3 is 2.35 bits per heavy atom. The Morgan fingerprint density at radius 2 is 1.77 bits per heavy atom. The van der Waals surface area contributed by atoms with E-state index in [0.29, 0.717) is 35.1 Å². The number of carbonyl (C=O) groups excluding carboxylic acids is 2. The van der Waals surface area contributed by atoms with E-state index in [2.05, 4.69) is 5.32 Å². The second-order valence-corrected chi connectivity index (χ2v) is 6.35. The van der Waals surface area contributed by atoms with E-state index < -0.39 is 6.10 Å². The van der Waals surface area contributed by atoms with Crippen molar-refractivity contribution < 1.29 is 19.1 Å². The Balaban J connectivity index is 1.93. The van der Waals surface area contributed by atoms with Crippen LogP contribution >= 0.6 is 11.6 Å². The molecule has 6 heteroatoms. The fourth-order valence-corrected chi connectivity index (χ4v) is 2.49. The molecule has 0 fully saturated rings. The zero-order valence-electron chi connectivity index (χ0n) is 15.0. The Hall–Kier alpha value is -2.53. The van der Waals surface area contributed by atoms with Gasteiger partial charge in [0.1, 0.15) is 17.3 Å². The molecule has 0 spiro atoms. The summed E-state index contributed by atoms with van der Waals surface area (Å²) in [6.07, 6.45) is 0.514. The number of hydrogen-bond donors (Lipinski definition) is 1. The molecule has 2 aromatic carbocycles. The Bertz CT molecular complexity index is 774. The van der Waals surface area contributed by atoms with Gasteiger partial charge in [0.25, 0.3) is 5.91 Å². The smallest absolute Gasteiger partial charge is 0.265 e. The molecule has 0 radical (unpaired) electrons. The average Bonchev–Trinajstić information content (AvgIpc) is 2.62. The summed E-state index contributed by atoms with van der Waals surface area (Å²) in [4.78, 5) is 23.3. The molecule has 1 N–H and O–H groups in total. The molecule has 1 amide bonds. The molecule has 0 aromatic heterocycles. The van der Waals surface area contributed by atoms with Gasteiger partial charge >= 0.3 is 0 Å². The summed E-state index contributed by atoms with van der Waals surface area (Å²) in [6, 6.07) is 12.4. The lowest BCUT2D eigenvalue weighted by molar-refractivity contribution is -0.122. The number of rotatable bonds is 8. The van der Waals surface area contributed by atoms with Crippen molar-refractivity contribution in [1.29, 1.82) is 0 Å². The Morgan fingerprint density at radius 1 is 1.12 bits per heavy atom. The minimum Gasteiger partial charge on any atom is -0.497 e.